The molecule has 0 bridgehead atoms. The van der Waals surface area contributed by atoms with Crippen molar-refractivity contribution in [3.63, 3.8) is 0 Å². The van der Waals surface area contributed by atoms with Crippen LogP contribution < -0.4 is 0 Å². The first-order valence-corrected chi connectivity index (χ1v) is 6.11. The predicted molar refractivity (Wildman–Crippen MR) is 68.5 cm³/mol. The van der Waals surface area contributed by atoms with E-state index in [-0.39, 0.29) is 17.3 Å². The van der Waals surface area contributed by atoms with Crippen LogP contribution in [-0.2, 0) is 4.79 Å². The first-order chi connectivity index (χ1) is 8.43. The molecule has 2 atom stereocenters. The largest absolute Gasteiger partial charge is 0.481 e. The number of hydrogen-bond donors (Lipinski definition) is 2. The van der Waals surface area contributed by atoms with Crippen LogP contribution in [0.5, 0.6) is 0 Å². The molecule has 1 aromatic heterocycles. The lowest BCUT2D eigenvalue weighted by molar-refractivity contribution is -0.139. The van der Waals surface area contributed by atoms with E-state index in [1.807, 2.05) is 39.0 Å². The molecule has 94 valence electrons. The molecule has 2 aromatic rings. The van der Waals surface area contributed by atoms with Gasteiger partial charge in [0.15, 0.2) is 0 Å². The molecule has 1 heterocycles. The Balaban J connectivity index is 2.07. The fourth-order valence-corrected chi connectivity index (χ4v) is 2.95. The lowest BCUT2D eigenvalue weighted by Gasteiger charge is -1.97. The van der Waals surface area contributed by atoms with Gasteiger partial charge < -0.3 is 10.1 Å². The number of rotatable bonds is 2. The number of imidazole rings is 1. The van der Waals surface area contributed by atoms with E-state index in [0.717, 1.165) is 22.4 Å². The minimum absolute atomic E-state index is 0.0122. The number of hydrogen-bond acceptors (Lipinski definition) is 2. The third kappa shape index (κ3) is 1.38. The van der Waals surface area contributed by atoms with Gasteiger partial charge >= 0.3 is 5.97 Å². The quantitative estimate of drug-likeness (QED) is 0.853. The summed E-state index contributed by atoms with van der Waals surface area (Å²) in [4.78, 5) is 19.0. The van der Waals surface area contributed by atoms with E-state index < -0.39 is 5.97 Å². The first kappa shape index (κ1) is 11.3. The number of aromatic nitrogens is 2. The number of carbonyl (C=O) groups is 1. The second-order valence-corrected chi connectivity index (χ2v) is 5.71. The van der Waals surface area contributed by atoms with Crippen molar-refractivity contribution in [1.29, 1.82) is 0 Å². The van der Waals surface area contributed by atoms with Crippen LogP contribution in [0.4, 0.5) is 0 Å². The van der Waals surface area contributed by atoms with Gasteiger partial charge in [-0.15, -0.1) is 0 Å². The number of para-hydroxylation sites is 1. The predicted octanol–water partition coefficient (Wildman–Crippen LogP) is 2.70. The SMILES string of the molecule is Cc1cccc2[nH]c(C3C(C(=O)O)C3(C)C)nc12. The molecule has 1 aliphatic rings. The van der Waals surface area contributed by atoms with Crippen LogP contribution in [-0.4, -0.2) is 21.0 Å². The Morgan fingerprint density at radius 3 is 2.72 bits per heavy atom. The average Bonchev–Trinajstić information content (AvgIpc) is 2.68. The Hall–Kier alpha value is -1.84. The van der Waals surface area contributed by atoms with Crippen LogP contribution in [0.3, 0.4) is 0 Å². The van der Waals surface area contributed by atoms with E-state index in [9.17, 15) is 9.90 Å². The van der Waals surface area contributed by atoms with E-state index in [4.69, 9.17) is 0 Å². The second-order valence-electron chi connectivity index (χ2n) is 5.71. The van der Waals surface area contributed by atoms with Gasteiger partial charge in [0, 0.05) is 5.92 Å². The van der Waals surface area contributed by atoms with Crippen LogP contribution >= 0.6 is 0 Å². The number of aliphatic carboxylic acids is 1. The van der Waals surface area contributed by atoms with Gasteiger partial charge in [0.2, 0.25) is 0 Å². The van der Waals surface area contributed by atoms with Gasteiger partial charge in [-0.2, -0.15) is 0 Å². The highest BCUT2D eigenvalue weighted by Crippen LogP contribution is 2.63. The molecule has 1 aromatic carbocycles. The molecule has 4 nitrogen and oxygen atoms in total. The van der Waals surface area contributed by atoms with E-state index in [0.29, 0.717) is 0 Å². The minimum atomic E-state index is -0.734. The monoisotopic (exact) mass is 244 g/mol. The number of carboxylic acids is 1. The topological polar surface area (TPSA) is 66.0 Å². The highest BCUT2D eigenvalue weighted by molar-refractivity contribution is 5.81. The summed E-state index contributed by atoms with van der Waals surface area (Å²) < 4.78 is 0. The van der Waals surface area contributed by atoms with E-state index in [2.05, 4.69) is 9.97 Å². The molecule has 0 radical (unpaired) electrons. The fraction of sp³-hybridized carbons (Fsp3) is 0.429. The zero-order chi connectivity index (χ0) is 13.1. The molecule has 0 amide bonds. The summed E-state index contributed by atoms with van der Waals surface area (Å²) in [6, 6.07) is 5.97. The number of fused-ring (bicyclic) bond motifs is 1. The van der Waals surface area contributed by atoms with Crippen molar-refractivity contribution in [3.05, 3.63) is 29.6 Å². The Morgan fingerprint density at radius 2 is 2.17 bits per heavy atom. The normalized spacial score (nSPS) is 25.3. The summed E-state index contributed by atoms with van der Waals surface area (Å²) in [5.41, 5.74) is 2.82. The van der Waals surface area contributed by atoms with Gasteiger partial charge in [0.1, 0.15) is 5.82 Å². The van der Waals surface area contributed by atoms with Crippen LogP contribution in [0.15, 0.2) is 18.2 Å². The summed E-state index contributed by atoms with van der Waals surface area (Å²) in [6.45, 7) is 5.98. The third-order valence-corrected chi connectivity index (χ3v) is 4.12. The number of nitrogens with one attached hydrogen (secondary N) is 1. The molecular formula is C14H16N2O2. The lowest BCUT2D eigenvalue weighted by Crippen LogP contribution is -2.03. The van der Waals surface area contributed by atoms with E-state index in [1.54, 1.807) is 0 Å². The molecular weight excluding hydrogens is 228 g/mol. The molecule has 0 aliphatic heterocycles. The van der Waals surface area contributed by atoms with Crippen molar-refractivity contribution in [2.75, 3.05) is 0 Å². The van der Waals surface area contributed by atoms with Gasteiger partial charge in [-0.25, -0.2) is 4.98 Å². The molecule has 1 saturated carbocycles. The number of aromatic amines is 1. The van der Waals surface area contributed by atoms with Crippen molar-refractivity contribution < 1.29 is 9.90 Å². The Kier molecular flexibility index (Phi) is 2.09. The van der Waals surface area contributed by atoms with Gasteiger partial charge in [-0.1, -0.05) is 26.0 Å². The highest BCUT2D eigenvalue weighted by atomic mass is 16.4. The van der Waals surface area contributed by atoms with Crippen LogP contribution in [0, 0.1) is 18.3 Å². The zero-order valence-corrected chi connectivity index (χ0v) is 10.7. The molecule has 2 N–H and O–H groups in total. The Labute approximate surface area is 105 Å². The molecule has 3 rings (SSSR count). The lowest BCUT2D eigenvalue weighted by atomic mass is 10.1. The molecule has 4 heteroatoms. The molecule has 0 spiro atoms. The number of aryl methyl sites for hydroxylation is 1. The zero-order valence-electron chi connectivity index (χ0n) is 10.7. The third-order valence-electron chi connectivity index (χ3n) is 4.12. The Morgan fingerprint density at radius 1 is 1.44 bits per heavy atom. The van der Waals surface area contributed by atoms with Gasteiger partial charge in [-0.3, -0.25) is 4.79 Å². The van der Waals surface area contributed by atoms with Crippen molar-refractivity contribution in [3.8, 4) is 0 Å². The van der Waals surface area contributed by atoms with Crippen LogP contribution in [0.25, 0.3) is 11.0 Å². The molecule has 2 unspecified atom stereocenters. The van der Waals surface area contributed by atoms with Crippen molar-refractivity contribution >= 4 is 17.0 Å². The maximum Gasteiger partial charge on any atom is 0.307 e. The second kappa shape index (κ2) is 3.34. The number of benzene rings is 1. The summed E-state index contributed by atoms with van der Waals surface area (Å²) >= 11 is 0. The van der Waals surface area contributed by atoms with Gasteiger partial charge in [0.05, 0.1) is 17.0 Å². The molecule has 1 fully saturated rings. The fourth-order valence-electron chi connectivity index (χ4n) is 2.95. The maximum absolute atomic E-state index is 11.2. The van der Waals surface area contributed by atoms with Crippen molar-refractivity contribution in [2.45, 2.75) is 26.7 Å². The van der Waals surface area contributed by atoms with Crippen LogP contribution in [0.1, 0.15) is 31.2 Å². The number of nitrogens with zero attached hydrogens (tertiary/aromatic N) is 1. The Bertz CT molecular complexity index is 642. The molecule has 0 saturated heterocycles. The summed E-state index contributed by atoms with van der Waals surface area (Å²) in [7, 11) is 0. The van der Waals surface area contributed by atoms with E-state index >= 15 is 0 Å². The maximum atomic E-state index is 11.2. The highest BCUT2D eigenvalue weighted by Gasteiger charge is 2.64. The van der Waals surface area contributed by atoms with E-state index in [1.165, 1.54) is 0 Å². The first-order valence-electron chi connectivity index (χ1n) is 6.11. The van der Waals surface area contributed by atoms with Gasteiger partial charge in [0.25, 0.3) is 0 Å². The van der Waals surface area contributed by atoms with Gasteiger partial charge in [-0.05, 0) is 24.0 Å². The summed E-state index contributed by atoms with van der Waals surface area (Å²) in [5.74, 6) is -0.279. The number of carboxylic acid groups (broad SMARTS) is 1. The summed E-state index contributed by atoms with van der Waals surface area (Å²) in [6.07, 6.45) is 0. The minimum Gasteiger partial charge on any atom is -0.481 e. The van der Waals surface area contributed by atoms with Crippen molar-refractivity contribution in [2.24, 2.45) is 11.3 Å². The van der Waals surface area contributed by atoms with Crippen molar-refractivity contribution in [1.82, 2.24) is 9.97 Å². The summed E-state index contributed by atoms with van der Waals surface area (Å²) in [5, 5.41) is 9.21. The molecule has 1 aliphatic carbocycles. The smallest absolute Gasteiger partial charge is 0.307 e. The standard InChI is InChI=1S/C14H16N2O2/c1-7-5-4-6-8-11(7)16-12(15-8)9-10(13(17)18)14(9,2)3/h4-6,9-10H,1-3H3,(H,15,16)(H,17,18). The van der Waals surface area contributed by atoms with Crippen LogP contribution in [0.2, 0.25) is 0 Å². The molecule has 18 heavy (non-hydrogen) atoms. The number of H-pyrrole nitrogens is 1. The average molecular weight is 244 g/mol.